The largest absolute Gasteiger partial charge is 0.405 e. The Balaban J connectivity index is 1.79. The van der Waals surface area contributed by atoms with Gasteiger partial charge >= 0.3 is 0 Å². The van der Waals surface area contributed by atoms with Crippen LogP contribution in [0.2, 0.25) is 5.04 Å². The van der Waals surface area contributed by atoms with E-state index in [4.69, 9.17) is 4.43 Å². The lowest BCUT2D eigenvalue weighted by Crippen LogP contribution is -2.68. The second-order valence-corrected chi connectivity index (χ2v) is 14.2. The Kier molecular flexibility index (Phi) is 5.20. The van der Waals surface area contributed by atoms with Crippen molar-refractivity contribution in [3.63, 3.8) is 0 Å². The lowest BCUT2D eigenvalue weighted by Gasteiger charge is -2.45. The summed E-state index contributed by atoms with van der Waals surface area (Å²) in [4.78, 5) is 14.9. The van der Waals surface area contributed by atoms with Gasteiger partial charge in [-0.1, -0.05) is 88.4 Å². The van der Waals surface area contributed by atoms with E-state index >= 15 is 0 Å². The third-order valence-electron chi connectivity index (χ3n) is 6.94. The lowest BCUT2D eigenvalue weighted by atomic mass is 9.92. The fourth-order valence-corrected chi connectivity index (χ4v) is 10.3. The first-order valence-electron chi connectivity index (χ1n) is 10.9. The average molecular weight is 408 g/mol. The Labute approximate surface area is 176 Å². The van der Waals surface area contributed by atoms with Crippen molar-refractivity contribution < 1.29 is 9.22 Å². The maximum Gasteiger partial charge on any atom is 0.261 e. The van der Waals surface area contributed by atoms with Gasteiger partial charge < -0.3 is 9.33 Å². The zero-order valence-electron chi connectivity index (χ0n) is 18.2. The van der Waals surface area contributed by atoms with Gasteiger partial charge in [0.1, 0.15) is 0 Å². The molecule has 2 fully saturated rings. The normalized spacial score (nSPS) is 24.8. The molecule has 0 aliphatic carbocycles. The van der Waals surface area contributed by atoms with Crippen LogP contribution in [0.5, 0.6) is 0 Å². The number of nitrogens with zero attached hydrogens (tertiary/aromatic N) is 1. The third kappa shape index (κ3) is 3.26. The molecule has 4 rings (SSSR count). The van der Waals surface area contributed by atoms with Crippen LogP contribution in [0.25, 0.3) is 0 Å². The van der Waals surface area contributed by atoms with E-state index in [1.165, 1.54) is 10.4 Å². The first kappa shape index (κ1) is 20.4. The van der Waals surface area contributed by atoms with Crippen LogP contribution in [-0.4, -0.2) is 37.8 Å². The van der Waals surface area contributed by atoms with Gasteiger partial charge in [-0.3, -0.25) is 4.79 Å². The molecule has 29 heavy (non-hydrogen) atoms. The second kappa shape index (κ2) is 7.40. The molecule has 2 unspecified atom stereocenters. The molecule has 2 aromatic carbocycles. The van der Waals surface area contributed by atoms with Crippen molar-refractivity contribution in [3.05, 3.63) is 60.7 Å². The summed E-state index contributed by atoms with van der Waals surface area (Å²) in [6, 6.07) is 21.6. The number of benzene rings is 2. The van der Waals surface area contributed by atoms with E-state index in [9.17, 15) is 4.79 Å². The zero-order chi connectivity index (χ0) is 20.7. The molecular formula is C25H33NO2Si. The molecule has 2 atom stereocenters. The number of carbonyl (C=O) groups is 1. The fourth-order valence-electron chi connectivity index (χ4n) is 5.63. The van der Waals surface area contributed by atoms with Crippen molar-refractivity contribution in [3.8, 4) is 0 Å². The van der Waals surface area contributed by atoms with Gasteiger partial charge in [0.2, 0.25) is 5.91 Å². The molecule has 4 heteroatoms. The van der Waals surface area contributed by atoms with E-state index in [1.807, 2.05) is 0 Å². The van der Waals surface area contributed by atoms with E-state index in [0.717, 1.165) is 25.8 Å². The highest BCUT2D eigenvalue weighted by Crippen LogP contribution is 2.44. The summed E-state index contributed by atoms with van der Waals surface area (Å²) in [6.45, 7) is 10.5. The van der Waals surface area contributed by atoms with E-state index in [2.05, 4.69) is 93.3 Å². The first-order chi connectivity index (χ1) is 13.8. The van der Waals surface area contributed by atoms with Gasteiger partial charge in [-0.2, -0.15) is 0 Å². The molecule has 2 saturated heterocycles. The van der Waals surface area contributed by atoms with Crippen LogP contribution in [0, 0.1) is 5.92 Å². The summed E-state index contributed by atoms with van der Waals surface area (Å²) >= 11 is 0. The summed E-state index contributed by atoms with van der Waals surface area (Å²) in [7, 11) is -2.56. The number of amides is 1. The van der Waals surface area contributed by atoms with Crippen molar-refractivity contribution in [2.24, 2.45) is 5.92 Å². The molecule has 0 spiro atoms. The predicted molar refractivity (Wildman–Crippen MR) is 121 cm³/mol. The number of fused-ring (bicyclic) bond motifs is 1. The molecule has 0 aromatic heterocycles. The summed E-state index contributed by atoms with van der Waals surface area (Å²) in [5.41, 5.74) is -0.121. The maximum atomic E-state index is 12.7. The zero-order valence-corrected chi connectivity index (χ0v) is 19.2. The third-order valence-corrected chi connectivity index (χ3v) is 11.9. The minimum atomic E-state index is -2.56. The highest BCUT2D eigenvalue weighted by Gasteiger charge is 2.56. The lowest BCUT2D eigenvalue weighted by molar-refractivity contribution is -0.132. The molecule has 2 aliphatic heterocycles. The molecule has 2 aromatic rings. The van der Waals surface area contributed by atoms with Gasteiger partial charge in [0.05, 0.1) is 12.1 Å². The summed E-state index contributed by atoms with van der Waals surface area (Å²) in [5, 5.41) is 2.57. The van der Waals surface area contributed by atoms with Crippen LogP contribution in [0.15, 0.2) is 60.7 Å². The van der Waals surface area contributed by atoms with Crippen molar-refractivity contribution in [2.75, 3.05) is 13.2 Å². The van der Waals surface area contributed by atoms with Crippen LogP contribution in [0.4, 0.5) is 0 Å². The van der Waals surface area contributed by atoms with Gasteiger partial charge in [0, 0.05) is 12.5 Å². The van der Waals surface area contributed by atoms with Gasteiger partial charge in [0.25, 0.3) is 8.32 Å². The van der Waals surface area contributed by atoms with Crippen LogP contribution < -0.4 is 10.4 Å². The van der Waals surface area contributed by atoms with E-state index < -0.39 is 8.32 Å². The molecule has 0 saturated carbocycles. The molecule has 1 amide bonds. The molecular weight excluding hydrogens is 374 g/mol. The average Bonchev–Trinajstić information content (AvgIpc) is 3.21. The smallest absolute Gasteiger partial charge is 0.261 e. The number of hydrogen-bond donors (Lipinski definition) is 0. The van der Waals surface area contributed by atoms with E-state index in [0.29, 0.717) is 12.5 Å². The van der Waals surface area contributed by atoms with Crippen LogP contribution in [-0.2, 0) is 9.22 Å². The van der Waals surface area contributed by atoms with Gasteiger partial charge in [-0.05, 0) is 34.7 Å². The van der Waals surface area contributed by atoms with Crippen molar-refractivity contribution >= 4 is 24.6 Å². The second-order valence-electron chi connectivity index (χ2n) is 9.87. The van der Waals surface area contributed by atoms with Crippen molar-refractivity contribution in [2.45, 2.75) is 57.5 Å². The molecule has 0 N–H and O–H groups in total. The van der Waals surface area contributed by atoms with E-state index in [1.54, 1.807) is 0 Å². The van der Waals surface area contributed by atoms with E-state index in [-0.39, 0.29) is 16.5 Å². The Morgan fingerprint density at radius 3 is 2.10 bits per heavy atom. The van der Waals surface area contributed by atoms with Gasteiger partial charge in [-0.25, -0.2) is 0 Å². The van der Waals surface area contributed by atoms with Crippen LogP contribution in [0.1, 0.15) is 47.0 Å². The monoisotopic (exact) mass is 407 g/mol. The molecule has 0 bridgehead atoms. The van der Waals surface area contributed by atoms with Crippen molar-refractivity contribution in [1.82, 2.24) is 4.90 Å². The Hall–Kier alpha value is -1.91. The molecule has 2 aliphatic rings. The molecule has 2 heterocycles. The molecule has 3 nitrogen and oxygen atoms in total. The highest BCUT2D eigenvalue weighted by molar-refractivity contribution is 6.99. The van der Waals surface area contributed by atoms with Gasteiger partial charge in [-0.15, -0.1) is 0 Å². The van der Waals surface area contributed by atoms with Crippen molar-refractivity contribution in [1.29, 1.82) is 0 Å². The maximum absolute atomic E-state index is 12.7. The Morgan fingerprint density at radius 1 is 1.03 bits per heavy atom. The first-order valence-corrected chi connectivity index (χ1v) is 12.8. The standard InChI is InChI=1S/C25H33NO2Si/c1-20-18-25(16-11-17-26(25)23(20)27)19-28-29(24(2,3)4,21-12-7-5-8-13-21)22-14-9-6-10-15-22/h5-10,12-15,20H,11,16-19H2,1-4H3. The Morgan fingerprint density at radius 2 is 1.59 bits per heavy atom. The van der Waals surface area contributed by atoms with Crippen LogP contribution >= 0.6 is 0 Å². The highest BCUT2D eigenvalue weighted by atomic mass is 28.4. The topological polar surface area (TPSA) is 29.5 Å². The molecule has 0 radical (unpaired) electrons. The number of hydrogen-bond acceptors (Lipinski definition) is 2. The SMILES string of the molecule is CC1CC2(CO[Si](c3ccccc3)(c3ccccc3)C(C)(C)C)CCCN2C1=O. The Bertz CT molecular complexity index is 822. The van der Waals surface area contributed by atoms with Crippen LogP contribution in [0.3, 0.4) is 0 Å². The number of rotatable bonds is 5. The van der Waals surface area contributed by atoms with Gasteiger partial charge in [0.15, 0.2) is 0 Å². The predicted octanol–water partition coefficient (Wildman–Crippen LogP) is 3.96. The minimum absolute atomic E-state index is 0.0377. The molecule has 154 valence electrons. The summed E-state index contributed by atoms with van der Waals surface area (Å²) < 4.78 is 7.20. The number of carbonyl (C=O) groups excluding carboxylic acids is 1. The fraction of sp³-hybridized carbons (Fsp3) is 0.480. The quantitative estimate of drug-likeness (QED) is 0.702. The summed E-state index contributed by atoms with van der Waals surface area (Å²) in [6.07, 6.45) is 3.06. The summed E-state index contributed by atoms with van der Waals surface area (Å²) in [5.74, 6) is 0.423. The minimum Gasteiger partial charge on any atom is -0.405 e.